The van der Waals surface area contributed by atoms with Gasteiger partial charge in [0, 0.05) is 26.5 Å². The molecule has 0 N–H and O–H groups in total. The predicted molar refractivity (Wildman–Crippen MR) is 63.8 cm³/mol. The first-order valence-electron chi connectivity index (χ1n) is 5.06. The van der Waals surface area contributed by atoms with Crippen LogP contribution in [0.15, 0.2) is 29.4 Å². The summed E-state index contributed by atoms with van der Waals surface area (Å²) in [6, 6.07) is 6.96. The molecule has 1 amide bonds. The summed E-state index contributed by atoms with van der Waals surface area (Å²) in [5, 5.41) is 5.13. The average molecular weight is 234 g/mol. The lowest BCUT2D eigenvalue weighted by molar-refractivity contribution is -0.132. The van der Waals surface area contributed by atoms with Crippen LogP contribution < -0.4 is 4.74 Å². The van der Waals surface area contributed by atoms with Gasteiger partial charge in [0.25, 0.3) is 0 Å². The number of para-hydroxylation sites is 1. The van der Waals surface area contributed by atoms with Crippen LogP contribution in [0.4, 0.5) is 0 Å². The second kappa shape index (κ2) is 5.79. The smallest absolute Gasteiger partial charge is 0.308 e. The second-order valence-electron chi connectivity index (χ2n) is 3.42. The molecule has 0 aromatic heterocycles. The monoisotopic (exact) mass is 234 g/mol. The molecule has 0 saturated heterocycles. The number of amides is 1. The normalized spacial score (nSPS) is 10.3. The summed E-state index contributed by atoms with van der Waals surface area (Å²) in [6.07, 6.45) is 1.47. The molecule has 17 heavy (non-hydrogen) atoms. The Kier molecular flexibility index (Phi) is 4.39. The molecule has 0 aliphatic rings. The van der Waals surface area contributed by atoms with Crippen LogP contribution in [0, 0.1) is 0 Å². The van der Waals surface area contributed by atoms with E-state index in [1.165, 1.54) is 25.1 Å². The van der Waals surface area contributed by atoms with Gasteiger partial charge in [-0.2, -0.15) is 5.10 Å². The van der Waals surface area contributed by atoms with Gasteiger partial charge in [-0.15, -0.1) is 0 Å². The number of carbonyl (C=O) groups is 2. The van der Waals surface area contributed by atoms with Gasteiger partial charge >= 0.3 is 5.97 Å². The molecule has 0 saturated carbocycles. The molecule has 1 aromatic rings. The molecular formula is C12H14N2O3. The number of hydrogen-bond acceptors (Lipinski definition) is 4. The third-order valence-electron chi connectivity index (χ3n) is 2.00. The van der Waals surface area contributed by atoms with Gasteiger partial charge in [-0.05, 0) is 12.1 Å². The molecule has 1 rings (SSSR count). The minimum absolute atomic E-state index is 0.175. The maximum atomic E-state index is 11.0. The average Bonchev–Trinajstić information content (AvgIpc) is 2.26. The van der Waals surface area contributed by atoms with Crippen molar-refractivity contribution in [2.45, 2.75) is 13.8 Å². The van der Waals surface area contributed by atoms with E-state index in [1.54, 1.807) is 31.3 Å². The van der Waals surface area contributed by atoms with Gasteiger partial charge in [0.15, 0.2) is 0 Å². The van der Waals surface area contributed by atoms with Crippen molar-refractivity contribution in [2.24, 2.45) is 5.10 Å². The highest BCUT2D eigenvalue weighted by atomic mass is 16.5. The van der Waals surface area contributed by atoms with Crippen LogP contribution in [0.5, 0.6) is 5.75 Å². The minimum Gasteiger partial charge on any atom is -0.426 e. The molecule has 1 aromatic carbocycles. The number of rotatable bonds is 3. The number of nitrogens with zero attached hydrogens (tertiary/aromatic N) is 2. The Labute approximate surface area is 99.7 Å². The number of hydrogen-bond donors (Lipinski definition) is 0. The SMILES string of the molecule is CC(=O)Oc1ccccc1/C=N\N(C)C(C)=O. The predicted octanol–water partition coefficient (Wildman–Crippen LogP) is 1.42. The standard InChI is InChI=1S/C12H14N2O3/c1-9(15)14(3)13-8-11-6-4-5-7-12(11)17-10(2)16/h4-8H,1-3H3/b13-8-. The van der Waals surface area contributed by atoms with E-state index in [9.17, 15) is 9.59 Å². The van der Waals surface area contributed by atoms with Gasteiger partial charge in [0.1, 0.15) is 5.75 Å². The van der Waals surface area contributed by atoms with Crippen molar-refractivity contribution in [3.63, 3.8) is 0 Å². The number of carbonyl (C=O) groups excluding carboxylic acids is 2. The number of hydrazone groups is 1. The van der Waals surface area contributed by atoms with E-state index in [2.05, 4.69) is 5.10 Å². The van der Waals surface area contributed by atoms with Crippen molar-refractivity contribution < 1.29 is 14.3 Å². The molecule has 0 spiro atoms. The van der Waals surface area contributed by atoms with Crippen molar-refractivity contribution in [2.75, 3.05) is 7.05 Å². The summed E-state index contributed by atoms with van der Waals surface area (Å²) in [5.41, 5.74) is 0.635. The molecule has 0 bridgehead atoms. The molecule has 90 valence electrons. The Bertz CT molecular complexity index is 455. The molecule has 0 heterocycles. The van der Waals surface area contributed by atoms with Crippen LogP contribution in [-0.4, -0.2) is 30.1 Å². The molecule has 0 fully saturated rings. The van der Waals surface area contributed by atoms with Crippen molar-refractivity contribution in [1.82, 2.24) is 5.01 Å². The zero-order valence-corrected chi connectivity index (χ0v) is 10.0. The summed E-state index contributed by atoms with van der Waals surface area (Å²) in [6.45, 7) is 2.74. The van der Waals surface area contributed by atoms with Gasteiger partial charge in [-0.3, -0.25) is 9.59 Å². The summed E-state index contributed by atoms with van der Waals surface area (Å²) in [4.78, 5) is 21.8. The van der Waals surface area contributed by atoms with Crippen LogP contribution in [0.2, 0.25) is 0 Å². The highest BCUT2D eigenvalue weighted by Crippen LogP contribution is 2.16. The Morgan fingerprint density at radius 2 is 1.94 bits per heavy atom. The van der Waals surface area contributed by atoms with Gasteiger partial charge in [-0.25, -0.2) is 5.01 Å². The lowest BCUT2D eigenvalue weighted by atomic mass is 10.2. The lowest BCUT2D eigenvalue weighted by Gasteiger charge is -2.08. The molecular weight excluding hydrogens is 220 g/mol. The van der Waals surface area contributed by atoms with Crippen molar-refractivity contribution in [3.8, 4) is 5.75 Å². The van der Waals surface area contributed by atoms with Crippen molar-refractivity contribution in [3.05, 3.63) is 29.8 Å². The second-order valence-corrected chi connectivity index (χ2v) is 3.42. The van der Waals surface area contributed by atoms with Gasteiger partial charge in [0.05, 0.1) is 6.21 Å². The largest absolute Gasteiger partial charge is 0.426 e. The maximum absolute atomic E-state index is 11.0. The molecule has 0 radical (unpaired) electrons. The summed E-state index contributed by atoms with van der Waals surface area (Å²) < 4.78 is 5.00. The van der Waals surface area contributed by atoms with E-state index in [4.69, 9.17) is 4.74 Å². The molecule has 0 atom stereocenters. The fourth-order valence-electron chi connectivity index (χ4n) is 1.07. The van der Waals surface area contributed by atoms with E-state index >= 15 is 0 Å². The van der Waals surface area contributed by atoms with E-state index in [0.29, 0.717) is 11.3 Å². The van der Waals surface area contributed by atoms with Gasteiger partial charge in [-0.1, -0.05) is 12.1 Å². The Morgan fingerprint density at radius 3 is 2.53 bits per heavy atom. The quantitative estimate of drug-likeness (QED) is 0.344. The first-order valence-corrected chi connectivity index (χ1v) is 5.06. The van der Waals surface area contributed by atoms with E-state index in [0.717, 1.165) is 0 Å². The topological polar surface area (TPSA) is 59.0 Å². The fraction of sp³-hybridized carbons (Fsp3) is 0.250. The molecule has 5 heteroatoms. The highest BCUT2D eigenvalue weighted by Gasteiger charge is 2.04. The van der Waals surface area contributed by atoms with E-state index < -0.39 is 5.97 Å². The lowest BCUT2D eigenvalue weighted by Crippen LogP contribution is -2.17. The highest BCUT2D eigenvalue weighted by molar-refractivity contribution is 5.86. The van der Waals surface area contributed by atoms with E-state index in [-0.39, 0.29) is 5.91 Å². The maximum Gasteiger partial charge on any atom is 0.308 e. The molecule has 0 aliphatic carbocycles. The zero-order valence-electron chi connectivity index (χ0n) is 10.0. The van der Waals surface area contributed by atoms with Crippen LogP contribution >= 0.6 is 0 Å². The fourth-order valence-corrected chi connectivity index (χ4v) is 1.07. The number of benzene rings is 1. The summed E-state index contributed by atoms with van der Waals surface area (Å²) >= 11 is 0. The van der Waals surface area contributed by atoms with E-state index in [1.807, 2.05) is 0 Å². The van der Waals surface area contributed by atoms with Gasteiger partial charge in [0.2, 0.25) is 5.91 Å². The van der Waals surface area contributed by atoms with Crippen LogP contribution in [0.1, 0.15) is 19.4 Å². The van der Waals surface area contributed by atoms with Crippen molar-refractivity contribution >= 4 is 18.1 Å². The Morgan fingerprint density at radius 1 is 1.29 bits per heavy atom. The van der Waals surface area contributed by atoms with Gasteiger partial charge < -0.3 is 4.74 Å². The van der Waals surface area contributed by atoms with Crippen LogP contribution in [-0.2, 0) is 9.59 Å². The Balaban J connectivity index is 2.90. The number of ether oxygens (including phenoxy) is 1. The molecule has 0 aliphatic heterocycles. The van der Waals surface area contributed by atoms with Crippen LogP contribution in [0.3, 0.4) is 0 Å². The first-order chi connectivity index (χ1) is 8.00. The number of esters is 1. The zero-order chi connectivity index (χ0) is 12.8. The minimum atomic E-state index is -0.397. The van der Waals surface area contributed by atoms with Crippen molar-refractivity contribution in [1.29, 1.82) is 0 Å². The summed E-state index contributed by atoms with van der Waals surface area (Å²) in [7, 11) is 1.55. The summed E-state index contributed by atoms with van der Waals surface area (Å²) in [5.74, 6) is -0.155. The van der Waals surface area contributed by atoms with Crippen LogP contribution in [0.25, 0.3) is 0 Å². The first kappa shape index (κ1) is 12.9. The molecule has 5 nitrogen and oxygen atoms in total. The third-order valence-corrected chi connectivity index (χ3v) is 2.00. The Hall–Kier alpha value is -2.17. The third kappa shape index (κ3) is 4.06. The molecule has 0 unspecified atom stereocenters.